The predicted octanol–water partition coefficient (Wildman–Crippen LogP) is 1.39. The molecule has 6 heteroatoms. The summed E-state index contributed by atoms with van der Waals surface area (Å²) in [5.41, 5.74) is 0.598. The molecule has 2 aromatic rings. The number of para-hydroxylation sites is 2. The number of ketones is 2. The number of rotatable bonds is 2. The fourth-order valence-electron chi connectivity index (χ4n) is 3.13. The largest absolute Gasteiger partial charge is 0.423 e. The predicted molar refractivity (Wildman–Crippen MR) is 82.6 cm³/mol. The Balaban J connectivity index is 1.82. The highest BCUT2D eigenvalue weighted by molar-refractivity contribution is 6.50. The van der Waals surface area contributed by atoms with Crippen molar-refractivity contribution in [3.8, 4) is 5.75 Å². The van der Waals surface area contributed by atoms with Crippen LogP contribution in [0.5, 0.6) is 5.75 Å². The van der Waals surface area contributed by atoms with Crippen molar-refractivity contribution >= 4 is 29.1 Å². The van der Waals surface area contributed by atoms with E-state index in [1.807, 2.05) is 0 Å². The summed E-state index contributed by atoms with van der Waals surface area (Å²) in [4.78, 5) is 51.0. The van der Waals surface area contributed by atoms with Gasteiger partial charge in [0.25, 0.3) is 5.91 Å². The third-order valence-electron chi connectivity index (χ3n) is 4.22. The molecule has 24 heavy (non-hydrogen) atoms. The van der Waals surface area contributed by atoms with Gasteiger partial charge in [0.1, 0.15) is 5.92 Å². The van der Waals surface area contributed by atoms with Gasteiger partial charge in [-0.3, -0.25) is 19.3 Å². The first-order valence-electron chi connectivity index (χ1n) is 7.37. The van der Waals surface area contributed by atoms with E-state index in [4.69, 9.17) is 4.74 Å². The number of carbonyl (C=O) groups is 4. The highest BCUT2D eigenvalue weighted by Crippen LogP contribution is 2.40. The van der Waals surface area contributed by atoms with Crippen LogP contribution in [-0.2, 0) is 14.4 Å². The van der Waals surface area contributed by atoms with E-state index in [0.717, 1.165) is 4.90 Å². The Kier molecular flexibility index (Phi) is 3.06. The normalized spacial score (nSPS) is 22.0. The van der Waals surface area contributed by atoms with Crippen molar-refractivity contribution in [2.75, 3.05) is 4.90 Å². The number of hydrogen-bond donors (Lipinski definition) is 0. The molecule has 0 aromatic heterocycles. The van der Waals surface area contributed by atoms with Gasteiger partial charge in [0.05, 0.1) is 5.69 Å². The van der Waals surface area contributed by atoms with E-state index in [-0.39, 0.29) is 11.3 Å². The molecular formula is C18H11NO5. The fraction of sp³-hybridized carbons (Fsp3) is 0.111. The maximum absolute atomic E-state index is 12.7. The molecule has 118 valence electrons. The van der Waals surface area contributed by atoms with Crippen LogP contribution in [0.4, 0.5) is 5.69 Å². The molecule has 0 bridgehead atoms. The van der Waals surface area contributed by atoms with Crippen molar-refractivity contribution in [2.24, 2.45) is 5.92 Å². The van der Waals surface area contributed by atoms with Crippen molar-refractivity contribution in [3.05, 3.63) is 60.2 Å². The topological polar surface area (TPSA) is 80.8 Å². The minimum atomic E-state index is -1.39. The Hall–Kier alpha value is -3.28. The van der Waals surface area contributed by atoms with Gasteiger partial charge < -0.3 is 4.74 Å². The Morgan fingerprint density at radius 3 is 2.33 bits per heavy atom. The first kappa shape index (κ1) is 14.3. The number of ether oxygens (including phenoxy) is 1. The van der Waals surface area contributed by atoms with Gasteiger partial charge in [0.15, 0.2) is 17.6 Å². The van der Waals surface area contributed by atoms with E-state index >= 15 is 0 Å². The number of nitrogens with zero attached hydrogens (tertiary/aromatic N) is 1. The lowest BCUT2D eigenvalue weighted by Gasteiger charge is -2.30. The first-order chi connectivity index (χ1) is 11.6. The molecule has 1 amide bonds. The number of anilines is 1. The average molecular weight is 321 g/mol. The second-order valence-electron chi connectivity index (χ2n) is 5.58. The first-order valence-corrected chi connectivity index (χ1v) is 7.37. The van der Waals surface area contributed by atoms with Crippen LogP contribution < -0.4 is 9.64 Å². The van der Waals surface area contributed by atoms with E-state index in [0.29, 0.717) is 5.69 Å². The van der Waals surface area contributed by atoms with Crippen molar-refractivity contribution in [2.45, 2.75) is 6.04 Å². The number of fused-ring (bicyclic) bond motifs is 3. The van der Waals surface area contributed by atoms with Gasteiger partial charge in [-0.2, -0.15) is 0 Å². The molecule has 0 spiro atoms. The van der Waals surface area contributed by atoms with E-state index < -0.39 is 35.4 Å². The average Bonchev–Trinajstić information content (AvgIpc) is 2.88. The third-order valence-corrected chi connectivity index (χ3v) is 4.22. The summed E-state index contributed by atoms with van der Waals surface area (Å²) in [5, 5.41) is 0. The molecule has 0 radical (unpaired) electrons. The standard InChI is InChI=1S/C18H11NO5/c20-15(10-6-2-1-3-7-10)13-14-18(23)24-12-9-5-4-8-11(12)19(14)17(22)16(13)21/h1-9,13-14H. The van der Waals surface area contributed by atoms with Crippen molar-refractivity contribution < 1.29 is 23.9 Å². The van der Waals surface area contributed by atoms with Gasteiger partial charge in [0.2, 0.25) is 5.78 Å². The van der Waals surface area contributed by atoms with E-state index in [1.54, 1.807) is 48.5 Å². The number of esters is 1. The zero-order valence-electron chi connectivity index (χ0n) is 12.3. The van der Waals surface area contributed by atoms with E-state index in [1.165, 1.54) is 6.07 Å². The lowest BCUT2D eigenvalue weighted by Crippen LogP contribution is -2.48. The van der Waals surface area contributed by atoms with Gasteiger partial charge in [0, 0.05) is 5.56 Å². The third kappa shape index (κ3) is 1.89. The molecule has 2 heterocycles. The van der Waals surface area contributed by atoms with Crippen LogP contribution in [0.3, 0.4) is 0 Å². The molecule has 0 aliphatic carbocycles. The lowest BCUT2D eigenvalue weighted by atomic mass is 9.89. The quantitative estimate of drug-likeness (QED) is 0.274. The fourth-order valence-corrected chi connectivity index (χ4v) is 3.13. The molecule has 0 saturated carbocycles. The monoisotopic (exact) mass is 321 g/mol. The number of hydrogen-bond acceptors (Lipinski definition) is 5. The zero-order chi connectivity index (χ0) is 16.8. The van der Waals surface area contributed by atoms with Crippen LogP contribution in [0.15, 0.2) is 54.6 Å². The Labute approximate surface area is 136 Å². The van der Waals surface area contributed by atoms with Crippen LogP contribution in [0.2, 0.25) is 0 Å². The molecule has 1 saturated heterocycles. The summed E-state index contributed by atoms with van der Waals surface area (Å²) < 4.78 is 5.22. The van der Waals surface area contributed by atoms with Gasteiger partial charge in [-0.15, -0.1) is 0 Å². The second kappa shape index (κ2) is 5.13. The summed E-state index contributed by atoms with van der Waals surface area (Å²) >= 11 is 0. The van der Waals surface area contributed by atoms with Crippen molar-refractivity contribution in [1.82, 2.24) is 0 Å². The van der Waals surface area contributed by atoms with Crippen molar-refractivity contribution in [1.29, 1.82) is 0 Å². The molecule has 2 atom stereocenters. The maximum atomic E-state index is 12.7. The Morgan fingerprint density at radius 1 is 0.917 bits per heavy atom. The summed E-state index contributed by atoms with van der Waals surface area (Å²) in [7, 11) is 0. The van der Waals surface area contributed by atoms with Gasteiger partial charge in [-0.05, 0) is 12.1 Å². The van der Waals surface area contributed by atoms with E-state index in [2.05, 4.69) is 0 Å². The SMILES string of the molecule is O=C1C(=O)N2c3ccccc3OC(=O)C2C1C(=O)c1ccccc1. The second-order valence-corrected chi connectivity index (χ2v) is 5.58. The summed E-state index contributed by atoms with van der Waals surface area (Å²) in [6.07, 6.45) is 0. The minimum Gasteiger partial charge on any atom is -0.423 e. The molecule has 0 N–H and O–H groups in total. The molecule has 1 fully saturated rings. The molecule has 2 unspecified atom stereocenters. The molecule has 4 rings (SSSR count). The highest BCUT2D eigenvalue weighted by atomic mass is 16.5. The Bertz CT molecular complexity index is 889. The van der Waals surface area contributed by atoms with Crippen LogP contribution in [-0.4, -0.2) is 29.5 Å². The van der Waals surface area contributed by atoms with Gasteiger partial charge in [-0.1, -0.05) is 42.5 Å². The number of benzene rings is 2. The highest BCUT2D eigenvalue weighted by Gasteiger charge is 2.58. The smallest absolute Gasteiger partial charge is 0.335 e. The molecule has 2 aliphatic rings. The Morgan fingerprint density at radius 2 is 1.58 bits per heavy atom. The molecular weight excluding hydrogens is 310 g/mol. The summed E-state index contributed by atoms with van der Waals surface area (Å²) in [5.74, 6) is -4.27. The molecule has 2 aliphatic heterocycles. The molecule has 6 nitrogen and oxygen atoms in total. The lowest BCUT2D eigenvalue weighted by molar-refractivity contribution is -0.138. The van der Waals surface area contributed by atoms with Crippen molar-refractivity contribution in [3.63, 3.8) is 0 Å². The van der Waals surface area contributed by atoms with Crippen LogP contribution >= 0.6 is 0 Å². The van der Waals surface area contributed by atoms with Gasteiger partial charge >= 0.3 is 5.97 Å². The summed E-state index contributed by atoms with van der Waals surface area (Å²) in [6, 6.07) is 13.3. The number of amides is 1. The number of carbonyl (C=O) groups excluding carboxylic acids is 4. The number of Topliss-reactive ketones (excluding diaryl/α,β-unsaturated/α-hetero) is 2. The van der Waals surface area contributed by atoms with Crippen LogP contribution in [0, 0.1) is 5.92 Å². The molecule has 2 aromatic carbocycles. The van der Waals surface area contributed by atoms with Crippen LogP contribution in [0.1, 0.15) is 10.4 Å². The van der Waals surface area contributed by atoms with E-state index in [9.17, 15) is 19.2 Å². The summed E-state index contributed by atoms with van der Waals surface area (Å²) in [6.45, 7) is 0. The van der Waals surface area contributed by atoms with Gasteiger partial charge in [-0.25, -0.2) is 4.79 Å². The zero-order valence-corrected chi connectivity index (χ0v) is 12.3. The van der Waals surface area contributed by atoms with Crippen LogP contribution in [0.25, 0.3) is 0 Å². The minimum absolute atomic E-state index is 0.202. The maximum Gasteiger partial charge on any atom is 0.335 e.